The number of hydrogen-bond acceptors (Lipinski definition) is 14. The summed E-state index contributed by atoms with van der Waals surface area (Å²) in [6, 6.07) is 16.9. The lowest BCUT2D eigenvalue weighted by Gasteiger charge is -2.22. The Balaban J connectivity index is 1.29. The molecule has 0 saturated carbocycles. The lowest BCUT2D eigenvalue weighted by atomic mass is 9.93. The second-order valence-corrected chi connectivity index (χ2v) is 16.0. The van der Waals surface area contributed by atoms with E-state index in [4.69, 9.17) is 37.9 Å². The van der Waals surface area contributed by atoms with Crippen molar-refractivity contribution in [3.05, 3.63) is 109 Å². The number of unbranched alkanes of at least 4 members (excludes halogenated alkanes) is 11. The minimum absolute atomic E-state index is 0.0293. The molecule has 1 unspecified atom stereocenters. The summed E-state index contributed by atoms with van der Waals surface area (Å²) in [6.45, 7) is 8.95. The van der Waals surface area contributed by atoms with Crippen molar-refractivity contribution in [2.45, 2.75) is 115 Å². The molecule has 0 spiro atoms. The predicted octanol–water partition coefficient (Wildman–Crippen LogP) is 9.98. The third-order valence-corrected chi connectivity index (χ3v) is 10.9. The summed E-state index contributed by atoms with van der Waals surface area (Å²) in [4.78, 5) is 74.0. The Morgan fingerprint density at radius 2 is 0.985 bits per heavy atom. The Hall–Kier alpha value is -6.48. The summed E-state index contributed by atoms with van der Waals surface area (Å²) in [7, 11) is 0. The molecule has 1 N–H and O–H groups in total. The molecule has 67 heavy (non-hydrogen) atoms. The first-order chi connectivity index (χ1) is 32.5. The SMILES string of the molecule is C=CC(=O)OCCCCCCOc1ccc(C(=O)Oc2ccc(OC(=O)c3ccc(OCCCCCCOC(=O)C=C)cc3)c(C(=O)OCCCCCCCCC3(C(=O)O)CCCO3)c2)cc1. The van der Waals surface area contributed by atoms with Crippen molar-refractivity contribution in [2.24, 2.45) is 0 Å². The molecule has 1 aliphatic rings. The molecule has 0 bridgehead atoms. The normalized spacial score (nSPS) is 14.0. The maximum atomic E-state index is 13.5. The minimum Gasteiger partial charge on any atom is -0.494 e. The van der Waals surface area contributed by atoms with Crippen molar-refractivity contribution in [1.82, 2.24) is 0 Å². The highest BCUT2D eigenvalue weighted by Crippen LogP contribution is 2.32. The zero-order valence-corrected chi connectivity index (χ0v) is 38.3. The van der Waals surface area contributed by atoms with E-state index < -0.39 is 41.4 Å². The van der Waals surface area contributed by atoms with Gasteiger partial charge in [0.25, 0.3) is 0 Å². The second-order valence-electron chi connectivity index (χ2n) is 16.0. The maximum absolute atomic E-state index is 13.5. The Labute approximate surface area is 392 Å². The van der Waals surface area contributed by atoms with E-state index in [9.17, 15) is 33.9 Å². The van der Waals surface area contributed by atoms with E-state index in [1.165, 1.54) is 18.2 Å². The van der Waals surface area contributed by atoms with Crippen molar-refractivity contribution in [1.29, 1.82) is 0 Å². The number of rotatable bonds is 33. The van der Waals surface area contributed by atoms with Gasteiger partial charge in [0.1, 0.15) is 28.6 Å². The molecule has 15 heteroatoms. The smallest absolute Gasteiger partial charge is 0.343 e. The molecule has 1 fully saturated rings. The highest BCUT2D eigenvalue weighted by Gasteiger charge is 2.42. The summed E-state index contributed by atoms with van der Waals surface area (Å²) in [5, 5.41) is 9.61. The molecular formula is C52H64O15. The Bertz CT molecular complexity index is 2050. The summed E-state index contributed by atoms with van der Waals surface area (Å²) in [5.41, 5.74) is -0.714. The number of ether oxygens (including phenoxy) is 8. The number of hydrogen-bond donors (Lipinski definition) is 1. The quantitative estimate of drug-likeness (QED) is 0.0199. The largest absolute Gasteiger partial charge is 0.494 e. The van der Waals surface area contributed by atoms with Crippen LogP contribution in [0.1, 0.15) is 140 Å². The lowest BCUT2D eigenvalue weighted by Crippen LogP contribution is -2.37. The minimum atomic E-state index is -1.05. The molecule has 1 saturated heterocycles. The van der Waals surface area contributed by atoms with Crippen molar-refractivity contribution < 1.29 is 71.8 Å². The average Bonchev–Trinajstić information content (AvgIpc) is 3.83. The van der Waals surface area contributed by atoms with Gasteiger partial charge in [0, 0.05) is 18.8 Å². The van der Waals surface area contributed by atoms with Crippen LogP contribution in [0.5, 0.6) is 23.0 Å². The van der Waals surface area contributed by atoms with Gasteiger partial charge >= 0.3 is 35.8 Å². The Morgan fingerprint density at radius 3 is 1.46 bits per heavy atom. The lowest BCUT2D eigenvalue weighted by molar-refractivity contribution is -0.161. The van der Waals surface area contributed by atoms with Crippen LogP contribution in [0.2, 0.25) is 0 Å². The molecule has 3 aromatic carbocycles. The third kappa shape index (κ3) is 19.5. The molecule has 362 valence electrons. The monoisotopic (exact) mass is 928 g/mol. The zero-order chi connectivity index (χ0) is 48.1. The summed E-state index contributed by atoms with van der Waals surface area (Å²) < 4.78 is 44.1. The molecular weight excluding hydrogens is 865 g/mol. The van der Waals surface area contributed by atoms with Crippen LogP contribution in [0.15, 0.2) is 92.0 Å². The Morgan fingerprint density at radius 1 is 0.537 bits per heavy atom. The highest BCUT2D eigenvalue weighted by atomic mass is 16.6. The fourth-order valence-corrected chi connectivity index (χ4v) is 7.11. The van der Waals surface area contributed by atoms with Crippen LogP contribution < -0.4 is 18.9 Å². The average molecular weight is 929 g/mol. The molecule has 15 nitrogen and oxygen atoms in total. The van der Waals surface area contributed by atoms with Gasteiger partial charge in [-0.1, -0.05) is 38.8 Å². The van der Waals surface area contributed by atoms with E-state index in [0.29, 0.717) is 63.8 Å². The first kappa shape index (κ1) is 53.1. The number of carboxylic acids is 1. The first-order valence-corrected chi connectivity index (χ1v) is 23.2. The highest BCUT2D eigenvalue weighted by molar-refractivity contribution is 5.97. The van der Waals surface area contributed by atoms with Crippen molar-refractivity contribution in [3.8, 4) is 23.0 Å². The van der Waals surface area contributed by atoms with E-state index in [1.807, 2.05) is 0 Å². The van der Waals surface area contributed by atoms with Gasteiger partial charge in [-0.25, -0.2) is 28.8 Å². The van der Waals surface area contributed by atoms with Crippen LogP contribution in [0, 0.1) is 0 Å². The van der Waals surface area contributed by atoms with Crippen LogP contribution in [0.25, 0.3) is 0 Å². The van der Waals surface area contributed by atoms with Crippen molar-refractivity contribution >= 4 is 35.8 Å². The topological polar surface area (TPSA) is 196 Å². The molecule has 0 aliphatic carbocycles. The second kappa shape index (κ2) is 29.9. The van der Waals surface area contributed by atoms with Gasteiger partial charge in [-0.2, -0.15) is 0 Å². The van der Waals surface area contributed by atoms with Crippen LogP contribution in [-0.2, 0) is 33.3 Å². The summed E-state index contributed by atoms with van der Waals surface area (Å²) in [5.74, 6) is -2.86. The molecule has 0 radical (unpaired) electrons. The van der Waals surface area contributed by atoms with Gasteiger partial charge < -0.3 is 43.0 Å². The number of carbonyl (C=O) groups is 6. The molecule has 1 atom stereocenters. The molecule has 4 rings (SSSR count). The van der Waals surface area contributed by atoms with E-state index in [1.54, 1.807) is 48.5 Å². The van der Waals surface area contributed by atoms with Crippen LogP contribution in [0.3, 0.4) is 0 Å². The summed E-state index contributed by atoms with van der Waals surface area (Å²) in [6.07, 6.45) is 15.4. The van der Waals surface area contributed by atoms with Crippen LogP contribution in [0.4, 0.5) is 0 Å². The van der Waals surface area contributed by atoms with E-state index in [2.05, 4.69) is 13.2 Å². The van der Waals surface area contributed by atoms with E-state index >= 15 is 0 Å². The van der Waals surface area contributed by atoms with Gasteiger partial charge in [0.15, 0.2) is 5.60 Å². The van der Waals surface area contributed by atoms with Crippen molar-refractivity contribution in [3.63, 3.8) is 0 Å². The van der Waals surface area contributed by atoms with Gasteiger partial charge in [-0.05, 0) is 150 Å². The van der Waals surface area contributed by atoms with Gasteiger partial charge in [-0.3, -0.25) is 0 Å². The molecule has 0 aromatic heterocycles. The van der Waals surface area contributed by atoms with Crippen LogP contribution in [-0.4, -0.2) is 86.2 Å². The molecule has 0 amide bonds. The molecule has 1 heterocycles. The fourth-order valence-electron chi connectivity index (χ4n) is 7.11. The zero-order valence-electron chi connectivity index (χ0n) is 38.3. The summed E-state index contributed by atoms with van der Waals surface area (Å²) >= 11 is 0. The van der Waals surface area contributed by atoms with Crippen molar-refractivity contribution in [2.75, 3.05) is 39.6 Å². The predicted molar refractivity (Wildman–Crippen MR) is 248 cm³/mol. The molecule has 1 aliphatic heterocycles. The standard InChI is InChI=1S/C52H64O15/c1-3-46(53)62-34-16-11-9-14-32-60-41-24-20-39(21-25-41)48(55)66-43-28-29-45(67-49(56)40-22-26-42(27-23-40)61-33-15-10-12-17-35-63-47(54)4-2)44(38-43)50(57)64-36-18-8-6-5-7-13-30-52(51(58)59)31-19-37-65-52/h3-4,20-29,38H,1-2,5-19,30-37H2,(H,58,59). The third-order valence-electron chi connectivity index (χ3n) is 10.9. The first-order valence-electron chi connectivity index (χ1n) is 23.2. The van der Waals surface area contributed by atoms with Crippen LogP contribution >= 0.6 is 0 Å². The van der Waals surface area contributed by atoms with Gasteiger partial charge in [0.05, 0.1) is 44.2 Å². The number of aliphatic carboxylic acids is 1. The Kier molecular flexibility index (Phi) is 23.7. The van der Waals surface area contributed by atoms with Gasteiger partial charge in [0.2, 0.25) is 0 Å². The number of carbonyl (C=O) groups excluding carboxylic acids is 5. The molecule has 3 aromatic rings. The number of benzene rings is 3. The van der Waals surface area contributed by atoms with E-state index in [-0.39, 0.29) is 34.8 Å². The van der Waals surface area contributed by atoms with E-state index in [0.717, 1.165) is 102 Å². The fraction of sp³-hybridized carbons (Fsp3) is 0.462. The number of esters is 5. The van der Waals surface area contributed by atoms with Gasteiger partial charge in [-0.15, -0.1) is 0 Å². The maximum Gasteiger partial charge on any atom is 0.343 e. The number of carboxylic acid groups (broad SMARTS) is 1.